The minimum absolute atomic E-state index is 0.322. The zero-order valence-electron chi connectivity index (χ0n) is 10.9. The van der Waals surface area contributed by atoms with Crippen LogP contribution in [0.5, 0.6) is 0 Å². The van der Waals surface area contributed by atoms with Crippen LogP contribution in [-0.4, -0.2) is 0 Å². The highest BCUT2D eigenvalue weighted by Crippen LogP contribution is 2.23. The molecule has 2 aromatic carbocycles. The maximum atomic E-state index is 12.2. The van der Waals surface area contributed by atoms with E-state index in [4.69, 9.17) is 4.42 Å². The Balaban J connectivity index is 2.29. The largest absolute Gasteiger partial charge is 0.422 e. The summed E-state index contributed by atoms with van der Waals surface area (Å²) in [5.41, 5.74) is 2.84. The van der Waals surface area contributed by atoms with E-state index in [0.29, 0.717) is 11.1 Å². The maximum absolute atomic E-state index is 12.2. The molecule has 2 nitrogen and oxygen atoms in total. The van der Waals surface area contributed by atoms with Gasteiger partial charge in [-0.1, -0.05) is 12.1 Å². The van der Waals surface area contributed by atoms with E-state index in [0.717, 1.165) is 26.7 Å². The van der Waals surface area contributed by atoms with Crippen LogP contribution in [-0.2, 0) is 0 Å². The maximum Gasteiger partial charge on any atom is 0.344 e. The van der Waals surface area contributed by atoms with Gasteiger partial charge < -0.3 is 4.42 Å². The van der Waals surface area contributed by atoms with Gasteiger partial charge in [0.1, 0.15) is 5.58 Å². The van der Waals surface area contributed by atoms with Crippen molar-refractivity contribution < 1.29 is 4.42 Å². The van der Waals surface area contributed by atoms with E-state index in [2.05, 4.69) is 21.9 Å². The first kappa shape index (κ1) is 13.4. The lowest BCUT2D eigenvalue weighted by atomic mass is 10.1. The van der Waals surface area contributed by atoms with Gasteiger partial charge in [0.15, 0.2) is 0 Å². The molecule has 0 bridgehead atoms. The van der Waals surface area contributed by atoms with Crippen LogP contribution in [0.4, 0.5) is 0 Å². The fourth-order valence-electron chi connectivity index (χ4n) is 2.26. The highest BCUT2D eigenvalue weighted by atomic mass is 32.1. The van der Waals surface area contributed by atoms with E-state index in [-0.39, 0.29) is 5.63 Å². The van der Waals surface area contributed by atoms with E-state index in [9.17, 15) is 4.79 Å². The molecule has 0 aliphatic rings. The summed E-state index contributed by atoms with van der Waals surface area (Å²) in [5, 5.41) is 1.83. The normalized spacial score (nSPS) is 10.9. The van der Waals surface area contributed by atoms with Gasteiger partial charge in [0, 0.05) is 15.6 Å². The molecule has 100 valence electrons. The van der Waals surface area contributed by atoms with Crippen molar-refractivity contribution in [2.45, 2.75) is 11.8 Å². The third kappa shape index (κ3) is 2.39. The molecular weight excluding hydrogens is 287 g/mol. The Morgan fingerprint density at radius 2 is 1.80 bits per heavy atom. The molecule has 0 saturated heterocycles. The molecule has 3 aromatic rings. The predicted octanol–water partition coefficient (Wildman–Crippen LogP) is 3.56. The van der Waals surface area contributed by atoms with Crippen molar-refractivity contribution in [2.24, 2.45) is 0 Å². The van der Waals surface area contributed by atoms with Crippen LogP contribution >= 0.6 is 21.9 Å². The molecule has 4 heteroatoms. The molecule has 0 aliphatic heterocycles. The lowest BCUT2D eigenvalue weighted by Crippen LogP contribution is -2.06. The van der Waals surface area contributed by atoms with Gasteiger partial charge in [-0.2, -0.15) is 0 Å². The van der Waals surface area contributed by atoms with Crippen LogP contribution < -0.4 is 10.9 Å². The number of fused-ring (bicyclic) bond motifs is 1. The Morgan fingerprint density at radius 1 is 1.10 bits per heavy atom. The first-order valence-corrected chi connectivity index (χ1v) is 7.20. The van der Waals surface area contributed by atoms with Gasteiger partial charge in [-0.25, -0.2) is 4.79 Å². The number of aryl methyl sites for hydroxylation is 1. The summed E-state index contributed by atoms with van der Waals surface area (Å²) in [6, 6.07) is 13.3. The zero-order chi connectivity index (χ0) is 14.3. The minimum atomic E-state index is -0.322. The van der Waals surface area contributed by atoms with Crippen molar-refractivity contribution in [3.8, 4) is 11.1 Å². The second-order valence-corrected chi connectivity index (χ2v) is 5.91. The Labute approximate surface area is 124 Å². The molecule has 0 spiro atoms. The molecule has 1 unspecified atom stereocenters. The molecule has 0 aliphatic carbocycles. The van der Waals surface area contributed by atoms with Gasteiger partial charge in [-0.3, -0.25) is 0 Å². The Hall–Kier alpha value is -1.57. The van der Waals surface area contributed by atoms with Gasteiger partial charge in [0.25, 0.3) is 0 Å². The predicted molar refractivity (Wildman–Crippen MR) is 89.3 cm³/mol. The molecule has 0 amide bonds. The van der Waals surface area contributed by atoms with E-state index in [1.807, 2.05) is 49.4 Å². The number of hydrogen-bond donors (Lipinski definition) is 1. The molecular formula is C16H13O2PS. The van der Waals surface area contributed by atoms with E-state index in [1.165, 1.54) is 0 Å². The van der Waals surface area contributed by atoms with E-state index in [1.54, 1.807) is 0 Å². The van der Waals surface area contributed by atoms with Gasteiger partial charge >= 0.3 is 5.63 Å². The quantitative estimate of drug-likeness (QED) is 0.423. The van der Waals surface area contributed by atoms with Crippen molar-refractivity contribution in [3.05, 3.63) is 58.4 Å². The van der Waals surface area contributed by atoms with Gasteiger partial charge in [0.2, 0.25) is 0 Å². The standard InChI is InChI=1S/C16H13O2PS/c1-9-6-11-8-13(10-2-4-12(20)5-3-10)16(17)18-15(11)14(19)7-9/h2-8,20H,19H2,1H3. The van der Waals surface area contributed by atoms with Crippen LogP contribution in [0.25, 0.3) is 22.1 Å². The van der Waals surface area contributed by atoms with Crippen molar-refractivity contribution in [2.75, 3.05) is 0 Å². The summed E-state index contributed by atoms with van der Waals surface area (Å²) in [6.45, 7) is 2.02. The Kier molecular flexibility index (Phi) is 3.41. The van der Waals surface area contributed by atoms with E-state index < -0.39 is 0 Å². The van der Waals surface area contributed by atoms with Gasteiger partial charge in [-0.05, 0) is 48.4 Å². The van der Waals surface area contributed by atoms with E-state index >= 15 is 0 Å². The number of rotatable bonds is 1. The smallest absolute Gasteiger partial charge is 0.344 e. The minimum Gasteiger partial charge on any atom is -0.422 e. The van der Waals surface area contributed by atoms with Crippen molar-refractivity contribution in [1.29, 1.82) is 0 Å². The Morgan fingerprint density at radius 3 is 2.50 bits per heavy atom. The summed E-state index contributed by atoms with van der Waals surface area (Å²) in [5.74, 6) is 0. The third-order valence-electron chi connectivity index (χ3n) is 3.18. The number of thiol groups is 1. The average Bonchev–Trinajstić information content (AvgIpc) is 2.40. The van der Waals surface area contributed by atoms with Gasteiger partial charge in [-0.15, -0.1) is 21.9 Å². The molecule has 1 atom stereocenters. The average molecular weight is 300 g/mol. The number of hydrogen-bond acceptors (Lipinski definition) is 3. The monoisotopic (exact) mass is 300 g/mol. The van der Waals surface area contributed by atoms with Gasteiger partial charge in [0.05, 0.1) is 5.56 Å². The molecule has 3 rings (SSSR count). The lowest BCUT2D eigenvalue weighted by molar-refractivity contribution is 0.565. The lowest BCUT2D eigenvalue weighted by Gasteiger charge is -2.06. The highest BCUT2D eigenvalue weighted by molar-refractivity contribution is 7.80. The molecule has 1 heterocycles. The number of benzene rings is 2. The summed E-state index contributed by atoms with van der Waals surface area (Å²) in [6.07, 6.45) is 0. The summed E-state index contributed by atoms with van der Waals surface area (Å²) in [7, 11) is 2.61. The fraction of sp³-hybridized carbons (Fsp3) is 0.0625. The molecule has 0 fully saturated rings. The SMILES string of the molecule is Cc1cc(P)c2oc(=O)c(-c3ccc(S)cc3)cc2c1. The molecule has 0 N–H and O–H groups in total. The third-order valence-corrected chi connectivity index (χ3v) is 3.91. The molecule has 0 radical (unpaired) electrons. The molecule has 20 heavy (non-hydrogen) atoms. The summed E-state index contributed by atoms with van der Waals surface area (Å²) in [4.78, 5) is 13.0. The zero-order valence-corrected chi connectivity index (χ0v) is 12.9. The van der Waals surface area contributed by atoms with Crippen molar-refractivity contribution >= 4 is 38.1 Å². The fourth-order valence-corrected chi connectivity index (χ4v) is 2.90. The van der Waals surface area contributed by atoms with Crippen LogP contribution in [0, 0.1) is 6.92 Å². The van der Waals surface area contributed by atoms with Crippen LogP contribution in [0.2, 0.25) is 0 Å². The topological polar surface area (TPSA) is 30.2 Å². The second kappa shape index (κ2) is 5.08. The Bertz CT molecular complexity index is 851. The van der Waals surface area contributed by atoms with Crippen LogP contribution in [0.1, 0.15) is 5.56 Å². The first-order chi connectivity index (χ1) is 9.54. The van der Waals surface area contributed by atoms with Crippen LogP contribution in [0.3, 0.4) is 0 Å². The highest BCUT2D eigenvalue weighted by Gasteiger charge is 2.09. The van der Waals surface area contributed by atoms with Crippen molar-refractivity contribution in [1.82, 2.24) is 0 Å². The summed E-state index contributed by atoms with van der Waals surface area (Å²) < 4.78 is 5.47. The molecule has 1 aromatic heterocycles. The first-order valence-electron chi connectivity index (χ1n) is 6.18. The van der Waals surface area contributed by atoms with Crippen molar-refractivity contribution in [3.63, 3.8) is 0 Å². The summed E-state index contributed by atoms with van der Waals surface area (Å²) >= 11 is 4.25. The van der Waals surface area contributed by atoms with Crippen LogP contribution in [0.15, 0.2) is 56.6 Å². The molecule has 0 saturated carbocycles. The second-order valence-electron chi connectivity index (χ2n) is 4.77.